The molecule has 0 spiro atoms. The average molecular weight is 550 g/mol. The Hall–Kier alpha value is -4.49. The number of carboxylic acid groups (broad SMARTS) is 1. The van der Waals surface area contributed by atoms with E-state index in [9.17, 15) is 33.9 Å². The van der Waals surface area contributed by atoms with Crippen molar-refractivity contribution in [2.24, 2.45) is 0 Å². The first kappa shape index (κ1) is 30.7. The number of anilines is 1. The normalized spacial score (nSPS) is 13.1. The van der Waals surface area contributed by atoms with Crippen molar-refractivity contribution in [2.45, 2.75) is 59.5 Å². The van der Waals surface area contributed by atoms with Crippen LogP contribution < -0.4 is 10.5 Å². The number of aryl methyl sites for hydroxylation is 1. The van der Waals surface area contributed by atoms with E-state index in [4.69, 9.17) is 18.9 Å². The molecule has 1 aromatic heterocycles. The van der Waals surface area contributed by atoms with Gasteiger partial charge in [-0.05, 0) is 24.6 Å². The van der Waals surface area contributed by atoms with E-state index < -0.39 is 72.6 Å². The molecule has 3 atom stereocenters. The molecule has 2 rings (SSSR count). The minimum Gasteiger partial charge on any atom is -0.476 e. The number of fused-ring (bicyclic) bond motifs is 1. The number of aromatic nitrogens is 2. The molecule has 0 fully saturated rings. The van der Waals surface area contributed by atoms with Gasteiger partial charge in [0, 0.05) is 47.5 Å². The molecule has 0 amide bonds. The minimum atomic E-state index is -1.58. The van der Waals surface area contributed by atoms with Crippen LogP contribution in [-0.4, -0.2) is 83.5 Å². The topological polar surface area (TPSA) is 181 Å². The second-order valence-electron chi connectivity index (χ2n) is 8.88. The molecule has 1 N–H and O–H groups in total. The average Bonchev–Trinajstić information content (AvgIpc) is 2.79. The molecule has 0 aliphatic carbocycles. The van der Waals surface area contributed by atoms with E-state index in [-0.39, 0.29) is 11.0 Å². The fraction of sp³-hybridized carbons (Fsp3) is 0.480. The molecule has 2 aromatic rings. The Bertz CT molecular complexity index is 1350. The SMILES string of the molecule is CC(=O)OC[C@@H](OC(C)=O)[C@@H](OC(C)=O)[C@H](Cn1c(=O)c(C(=O)O)nc2cc(C)c(N(C)C)cc21)OC(C)=O. The van der Waals surface area contributed by atoms with Gasteiger partial charge in [0.05, 0.1) is 17.6 Å². The van der Waals surface area contributed by atoms with E-state index in [2.05, 4.69) is 4.98 Å². The maximum Gasteiger partial charge on any atom is 0.360 e. The Labute approximate surface area is 223 Å². The highest BCUT2D eigenvalue weighted by Gasteiger charge is 2.39. The van der Waals surface area contributed by atoms with Crippen LogP contribution in [0.1, 0.15) is 43.7 Å². The third kappa shape index (κ3) is 7.99. The second-order valence-corrected chi connectivity index (χ2v) is 8.88. The lowest BCUT2D eigenvalue weighted by Crippen LogP contribution is -2.50. The molecule has 1 heterocycles. The zero-order valence-electron chi connectivity index (χ0n) is 22.7. The lowest BCUT2D eigenvalue weighted by Gasteiger charge is -2.32. The summed E-state index contributed by atoms with van der Waals surface area (Å²) in [5, 5.41) is 9.63. The molecular weight excluding hydrogens is 518 g/mol. The van der Waals surface area contributed by atoms with Gasteiger partial charge in [0.2, 0.25) is 5.69 Å². The van der Waals surface area contributed by atoms with Crippen molar-refractivity contribution >= 4 is 46.6 Å². The number of carbonyl (C=O) groups excluding carboxylic acids is 4. The molecule has 39 heavy (non-hydrogen) atoms. The lowest BCUT2D eigenvalue weighted by molar-refractivity contribution is -0.190. The van der Waals surface area contributed by atoms with Crippen LogP contribution in [0.3, 0.4) is 0 Å². The van der Waals surface area contributed by atoms with Gasteiger partial charge in [0.25, 0.3) is 5.56 Å². The third-order valence-corrected chi connectivity index (χ3v) is 5.43. The van der Waals surface area contributed by atoms with E-state index >= 15 is 0 Å². The van der Waals surface area contributed by atoms with Gasteiger partial charge in [-0.15, -0.1) is 0 Å². The highest BCUT2D eigenvalue weighted by molar-refractivity contribution is 5.89. The first-order chi connectivity index (χ1) is 18.1. The van der Waals surface area contributed by atoms with Crippen molar-refractivity contribution in [1.29, 1.82) is 0 Å². The first-order valence-electron chi connectivity index (χ1n) is 11.7. The number of hydrogen-bond donors (Lipinski definition) is 1. The van der Waals surface area contributed by atoms with Gasteiger partial charge in [-0.1, -0.05) is 0 Å². The maximum absolute atomic E-state index is 13.3. The standard InChI is InChI=1S/C25H31N3O11/c1-12-8-17-19(9-18(12)27(6)7)28(24(33)22(26-17)25(34)35)10-20(37-14(3)30)23(39-16(5)32)21(38-15(4)31)11-36-13(2)29/h8-9,20-21,23H,10-11H2,1-7H3,(H,34,35)/t20-,21+,23-/m0/s1. The quantitative estimate of drug-likeness (QED) is 0.308. The molecule has 0 aliphatic rings. The van der Waals surface area contributed by atoms with Crippen LogP contribution in [-0.2, 0) is 44.7 Å². The minimum absolute atomic E-state index is 0.164. The fourth-order valence-electron chi connectivity index (χ4n) is 3.98. The number of carboxylic acids is 1. The number of benzene rings is 1. The predicted octanol–water partition coefficient (Wildman–Crippen LogP) is 0.827. The Morgan fingerprint density at radius 1 is 0.923 bits per heavy atom. The van der Waals surface area contributed by atoms with Crippen LogP contribution in [0.5, 0.6) is 0 Å². The molecule has 14 nitrogen and oxygen atoms in total. The van der Waals surface area contributed by atoms with Crippen LogP contribution >= 0.6 is 0 Å². The molecule has 0 aliphatic heterocycles. The maximum atomic E-state index is 13.3. The molecule has 0 saturated carbocycles. The molecule has 14 heteroatoms. The van der Waals surface area contributed by atoms with Gasteiger partial charge >= 0.3 is 29.8 Å². The smallest absolute Gasteiger partial charge is 0.360 e. The zero-order chi connectivity index (χ0) is 29.6. The second kappa shape index (κ2) is 12.8. The molecular formula is C25H31N3O11. The largest absolute Gasteiger partial charge is 0.476 e. The number of nitrogens with zero attached hydrogens (tertiary/aromatic N) is 3. The number of hydrogen-bond acceptors (Lipinski definition) is 12. The van der Waals surface area contributed by atoms with E-state index in [0.29, 0.717) is 5.69 Å². The monoisotopic (exact) mass is 549 g/mol. The van der Waals surface area contributed by atoms with Gasteiger partial charge in [-0.25, -0.2) is 9.78 Å². The third-order valence-electron chi connectivity index (χ3n) is 5.43. The Morgan fingerprint density at radius 2 is 1.49 bits per heavy atom. The van der Waals surface area contributed by atoms with Crippen molar-refractivity contribution in [1.82, 2.24) is 9.55 Å². The van der Waals surface area contributed by atoms with Gasteiger partial charge in [-0.2, -0.15) is 0 Å². The van der Waals surface area contributed by atoms with Crippen molar-refractivity contribution in [2.75, 3.05) is 25.6 Å². The highest BCUT2D eigenvalue weighted by atomic mass is 16.6. The summed E-state index contributed by atoms with van der Waals surface area (Å²) < 4.78 is 22.0. The van der Waals surface area contributed by atoms with Crippen LogP contribution in [0.4, 0.5) is 5.69 Å². The molecule has 0 bridgehead atoms. The first-order valence-corrected chi connectivity index (χ1v) is 11.7. The highest BCUT2D eigenvalue weighted by Crippen LogP contribution is 2.25. The Balaban J connectivity index is 2.82. The number of carbonyl (C=O) groups is 5. The summed E-state index contributed by atoms with van der Waals surface area (Å²) in [4.78, 5) is 78.4. The molecule has 0 unspecified atom stereocenters. The van der Waals surface area contributed by atoms with Crippen molar-refractivity contribution in [3.8, 4) is 0 Å². The number of ether oxygens (including phenoxy) is 4. The zero-order valence-corrected chi connectivity index (χ0v) is 22.7. The van der Waals surface area contributed by atoms with Crippen LogP contribution in [0, 0.1) is 6.92 Å². The number of rotatable bonds is 11. The molecule has 1 aromatic carbocycles. The molecule has 212 valence electrons. The Morgan fingerprint density at radius 3 is 1.97 bits per heavy atom. The van der Waals surface area contributed by atoms with Gasteiger partial charge in [0.1, 0.15) is 6.61 Å². The Kier molecular flexibility index (Phi) is 10.1. The predicted molar refractivity (Wildman–Crippen MR) is 135 cm³/mol. The fourth-order valence-corrected chi connectivity index (χ4v) is 3.98. The number of esters is 4. The molecule has 0 radical (unpaired) electrons. The van der Waals surface area contributed by atoms with E-state index in [1.165, 1.54) is 0 Å². The van der Waals surface area contributed by atoms with Gasteiger partial charge in [0.15, 0.2) is 18.3 Å². The summed E-state index contributed by atoms with van der Waals surface area (Å²) >= 11 is 0. The lowest BCUT2D eigenvalue weighted by atomic mass is 10.1. The van der Waals surface area contributed by atoms with E-state index in [0.717, 1.165) is 37.8 Å². The van der Waals surface area contributed by atoms with Crippen molar-refractivity contribution < 1.29 is 48.0 Å². The van der Waals surface area contributed by atoms with Crippen LogP contribution in [0.15, 0.2) is 16.9 Å². The van der Waals surface area contributed by atoms with E-state index in [1.807, 2.05) is 0 Å². The summed E-state index contributed by atoms with van der Waals surface area (Å²) in [5.74, 6) is -4.84. The van der Waals surface area contributed by atoms with Crippen LogP contribution in [0.25, 0.3) is 11.0 Å². The summed E-state index contributed by atoms with van der Waals surface area (Å²) in [6, 6.07) is 3.21. The summed E-state index contributed by atoms with van der Waals surface area (Å²) in [7, 11) is 3.54. The van der Waals surface area contributed by atoms with Gasteiger partial charge in [-0.3, -0.25) is 24.0 Å². The summed E-state index contributed by atoms with van der Waals surface area (Å²) in [6.45, 7) is 4.96. The number of aromatic carboxylic acids is 1. The summed E-state index contributed by atoms with van der Waals surface area (Å²) in [6.07, 6.45) is -4.50. The van der Waals surface area contributed by atoms with Gasteiger partial charge < -0.3 is 33.5 Å². The summed E-state index contributed by atoms with van der Waals surface area (Å²) in [5.41, 5.74) is -0.0204. The van der Waals surface area contributed by atoms with Crippen molar-refractivity contribution in [3.63, 3.8) is 0 Å². The van der Waals surface area contributed by atoms with Crippen LogP contribution in [0.2, 0.25) is 0 Å². The van der Waals surface area contributed by atoms with E-state index in [1.54, 1.807) is 38.1 Å². The molecule has 0 saturated heterocycles. The van der Waals surface area contributed by atoms with Crippen molar-refractivity contribution in [3.05, 3.63) is 33.7 Å².